The minimum atomic E-state index is -4.69. The zero-order valence-electron chi connectivity index (χ0n) is 21.8. The standard InChI is InChI=1S/C30H23F3N6O3/c31-30(32,33)24-15-21(19-6-8-20(9-7-19)29(41)39-38-26-3-1-2-12-35-26)13-22-14-23(42-28(22)24)17-37-27(40)11-5-18-4-10-25(34)36-16-18/h1-16H,17H2,(H2,34,36)(H,35,38)(H,37,40)(H,39,41)/b11-5+. The van der Waals surface area contributed by atoms with Gasteiger partial charge in [-0.05, 0) is 77.4 Å². The van der Waals surface area contributed by atoms with E-state index in [4.69, 9.17) is 10.2 Å². The van der Waals surface area contributed by atoms with Gasteiger partial charge in [0.05, 0.1) is 12.1 Å². The number of aromatic nitrogens is 2. The van der Waals surface area contributed by atoms with E-state index >= 15 is 0 Å². The number of amides is 2. The summed E-state index contributed by atoms with van der Waals surface area (Å²) < 4.78 is 47.5. The van der Waals surface area contributed by atoms with Crippen LogP contribution >= 0.6 is 0 Å². The Morgan fingerprint density at radius 1 is 0.952 bits per heavy atom. The number of fused-ring (bicyclic) bond motifs is 1. The molecule has 0 fully saturated rings. The average Bonchev–Trinajstić information content (AvgIpc) is 3.41. The summed E-state index contributed by atoms with van der Waals surface area (Å²) in [6.07, 6.45) is 1.17. The number of hydrogen-bond acceptors (Lipinski definition) is 7. The van der Waals surface area contributed by atoms with Gasteiger partial charge in [-0.1, -0.05) is 18.2 Å². The first-order valence-electron chi connectivity index (χ1n) is 12.5. The Balaban J connectivity index is 1.31. The lowest BCUT2D eigenvalue weighted by Crippen LogP contribution is -2.29. The molecule has 0 bridgehead atoms. The van der Waals surface area contributed by atoms with E-state index in [-0.39, 0.29) is 28.8 Å². The Morgan fingerprint density at radius 3 is 2.45 bits per heavy atom. The number of halogens is 3. The van der Waals surface area contributed by atoms with Crippen molar-refractivity contribution >= 4 is 40.5 Å². The lowest BCUT2D eigenvalue weighted by molar-refractivity contribution is -0.136. The van der Waals surface area contributed by atoms with E-state index in [2.05, 4.69) is 26.1 Å². The molecule has 12 heteroatoms. The Kier molecular flexibility index (Phi) is 7.87. The van der Waals surface area contributed by atoms with E-state index in [9.17, 15) is 22.8 Å². The Bertz CT molecular complexity index is 1750. The highest BCUT2D eigenvalue weighted by molar-refractivity contribution is 5.95. The van der Waals surface area contributed by atoms with E-state index in [1.807, 2.05) is 0 Å². The molecule has 9 nitrogen and oxygen atoms in total. The molecule has 0 aliphatic heterocycles. The van der Waals surface area contributed by atoms with Crippen LogP contribution in [0.5, 0.6) is 0 Å². The van der Waals surface area contributed by atoms with Gasteiger partial charge in [-0.15, -0.1) is 0 Å². The van der Waals surface area contributed by atoms with Crippen molar-refractivity contribution in [1.29, 1.82) is 0 Å². The molecule has 0 unspecified atom stereocenters. The van der Waals surface area contributed by atoms with Gasteiger partial charge in [0.1, 0.15) is 23.0 Å². The number of nitrogen functional groups attached to an aromatic ring is 1. The first kappa shape index (κ1) is 27.9. The highest BCUT2D eigenvalue weighted by atomic mass is 19.4. The van der Waals surface area contributed by atoms with Gasteiger partial charge in [0.15, 0.2) is 0 Å². The van der Waals surface area contributed by atoms with Crippen LogP contribution in [0.2, 0.25) is 0 Å². The van der Waals surface area contributed by atoms with Gasteiger partial charge in [-0.25, -0.2) is 9.97 Å². The maximum absolute atomic E-state index is 14.0. The number of carbonyl (C=O) groups excluding carboxylic acids is 2. The summed E-state index contributed by atoms with van der Waals surface area (Å²) in [5.41, 5.74) is 11.1. The first-order valence-corrected chi connectivity index (χ1v) is 12.5. The molecule has 42 heavy (non-hydrogen) atoms. The summed E-state index contributed by atoms with van der Waals surface area (Å²) in [6.45, 7) is -0.124. The quantitative estimate of drug-likeness (QED) is 0.141. The van der Waals surface area contributed by atoms with Gasteiger partial charge in [0, 0.05) is 29.4 Å². The zero-order valence-corrected chi connectivity index (χ0v) is 21.8. The molecule has 0 atom stereocenters. The van der Waals surface area contributed by atoms with Gasteiger partial charge in [0.2, 0.25) is 5.91 Å². The molecule has 212 valence electrons. The smallest absolute Gasteiger partial charge is 0.420 e. The van der Waals surface area contributed by atoms with Crippen molar-refractivity contribution in [1.82, 2.24) is 20.7 Å². The second-order valence-electron chi connectivity index (χ2n) is 9.09. The number of nitrogens with two attached hydrogens (primary N) is 1. The molecule has 0 saturated carbocycles. The number of rotatable bonds is 8. The maximum atomic E-state index is 14.0. The number of nitrogens with zero attached hydrogens (tertiary/aromatic N) is 2. The lowest BCUT2D eigenvalue weighted by atomic mass is 9.99. The molecule has 0 radical (unpaired) electrons. The Hall–Kier alpha value is -5.65. The van der Waals surface area contributed by atoms with E-state index in [0.29, 0.717) is 28.3 Å². The predicted octanol–water partition coefficient (Wildman–Crippen LogP) is 5.58. The first-order chi connectivity index (χ1) is 20.2. The largest absolute Gasteiger partial charge is 0.459 e. The molecule has 5 rings (SSSR count). The molecule has 2 aromatic carbocycles. The predicted molar refractivity (Wildman–Crippen MR) is 152 cm³/mol. The van der Waals surface area contributed by atoms with E-state index in [1.165, 1.54) is 36.5 Å². The maximum Gasteiger partial charge on any atom is 0.420 e. The summed E-state index contributed by atoms with van der Waals surface area (Å²) in [5.74, 6) is 0.0264. The van der Waals surface area contributed by atoms with Crippen LogP contribution in [-0.2, 0) is 17.5 Å². The zero-order chi connectivity index (χ0) is 29.7. The molecule has 0 saturated heterocycles. The molecule has 3 heterocycles. The molecule has 5 N–H and O–H groups in total. The molecule has 0 spiro atoms. The van der Waals surface area contributed by atoms with Gasteiger partial charge in [0.25, 0.3) is 5.91 Å². The number of nitrogens with one attached hydrogen (secondary N) is 3. The normalized spacial score (nSPS) is 11.5. The topological polar surface area (TPSA) is 135 Å². The van der Waals surface area contributed by atoms with E-state index in [0.717, 1.165) is 6.07 Å². The number of hydrazine groups is 1. The third-order valence-electron chi connectivity index (χ3n) is 6.10. The minimum absolute atomic E-state index is 0.124. The van der Waals surface area contributed by atoms with Crippen LogP contribution < -0.4 is 21.9 Å². The van der Waals surface area contributed by atoms with Crippen molar-refractivity contribution in [3.63, 3.8) is 0 Å². The van der Waals surface area contributed by atoms with Crippen LogP contribution in [0.4, 0.5) is 24.8 Å². The van der Waals surface area contributed by atoms with Crippen LogP contribution in [0.1, 0.15) is 27.2 Å². The van der Waals surface area contributed by atoms with Gasteiger partial charge in [-0.3, -0.25) is 20.4 Å². The third-order valence-corrected chi connectivity index (χ3v) is 6.10. The summed E-state index contributed by atoms with van der Waals surface area (Å²) in [6, 6.07) is 18.6. The second kappa shape index (κ2) is 11.8. The molecular formula is C30H23F3N6O3. The summed E-state index contributed by atoms with van der Waals surface area (Å²) in [7, 11) is 0. The van der Waals surface area contributed by atoms with Crippen LogP contribution in [0.15, 0.2) is 95.7 Å². The van der Waals surface area contributed by atoms with Gasteiger partial charge < -0.3 is 15.5 Å². The van der Waals surface area contributed by atoms with Crippen LogP contribution in [0.3, 0.4) is 0 Å². The van der Waals surface area contributed by atoms with Crippen LogP contribution in [0, 0.1) is 0 Å². The third kappa shape index (κ3) is 6.73. The average molecular weight is 573 g/mol. The molecule has 0 aliphatic carbocycles. The lowest BCUT2D eigenvalue weighted by Gasteiger charge is -2.11. The number of furan rings is 1. The van der Waals surface area contributed by atoms with Crippen LogP contribution in [-0.4, -0.2) is 21.8 Å². The van der Waals surface area contributed by atoms with Crippen molar-refractivity contribution in [2.45, 2.75) is 12.7 Å². The molecular weight excluding hydrogens is 549 g/mol. The highest BCUT2D eigenvalue weighted by Gasteiger charge is 2.35. The molecule has 2 amide bonds. The second-order valence-corrected chi connectivity index (χ2v) is 9.09. The Labute approximate surface area is 237 Å². The minimum Gasteiger partial charge on any atom is -0.459 e. The summed E-state index contributed by atoms with van der Waals surface area (Å²) in [5, 5.41) is 2.81. The van der Waals surface area contributed by atoms with Crippen molar-refractivity contribution in [2.75, 3.05) is 11.2 Å². The number of carbonyl (C=O) groups is 2. The summed E-state index contributed by atoms with van der Waals surface area (Å²) >= 11 is 0. The molecule has 0 aliphatic rings. The monoisotopic (exact) mass is 572 g/mol. The number of anilines is 2. The number of pyridine rings is 2. The van der Waals surface area contributed by atoms with E-state index in [1.54, 1.807) is 54.7 Å². The number of alkyl halides is 3. The molecule has 3 aromatic heterocycles. The van der Waals surface area contributed by atoms with Gasteiger partial charge in [-0.2, -0.15) is 13.2 Å². The fraction of sp³-hybridized carbons (Fsp3) is 0.0667. The van der Waals surface area contributed by atoms with Crippen molar-refractivity contribution in [3.05, 3.63) is 114 Å². The van der Waals surface area contributed by atoms with Crippen LogP contribution in [0.25, 0.3) is 28.2 Å². The number of benzene rings is 2. The number of hydrogen-bond donors (Lipinski definition) is 4. The fourth-order valence-electron chi connectivity index (χ4n) is 4.03. The fourth-order valence-corrected chi connectivity index (χ4v) is 4.03. The van der Waals surface area contributed by atoms with Crippen molar-refractivity contribution in [2.24, 2.45) is 0 Å². The highest BCUT2D eigenvalue weighted by Crippen LogP contribution is 2.39. The SMILES string of the molecule is Nc1ccc(/C=C/C(=O)NCc2cc3cc(-c4ccc(C(=O)NNc5ccccn5)cc4)cc(C(F)(F)F)c3o2)cn1. The van der Waals surface area contributed by atoms with E-state index < -0.39 is 23.6 Å². The van der Waals surface area contributed by atoms with Crippen molar-refractivity contribution in [3.8, 4) is 11.1 Å². The van der Waals surface area contributed by atoms with Crippen molar-refractivity contribution < 1.29 is 27.2 Å². The Morgan fingerprint density at radius 2 is 1.76 bits per heavy atom. The molecule has 5 aromatic rings. The van der Waals surface area contributed by atoms with Gasteiger partial charge >= 0.3 is 6.18 Å². The summed E-state index contributed by atoms with van der Waals surface area (Å²) in [4.78, 5) is 32.7.